The molecule has 0 saturated carbocycles. The maximum atomic E-state index is 11.2. The molecule has 1 aromatic carbocycles. The molecule has 1 N–H and O–H groups in total. The smallest absolute Gasteiger partial charge is 0.272 e. The summed E-state index contributed by atoms with van der Waals surface area (Å²) < 4.78 is 0. The highest BCUT2D eigenvalue weighted by Crippen LogP contribution is 2.33. The third kappa shape index (κ3) is 5.31. The first kappa shape index (κ1) is 22.1. The first-order valence-corrected chi connectivity index (χ1v) is 7.74. The molecule has 132 valence electrons. The van der Waals surface area contributed by atoms with Crippen molar-refractivity contribution in [2.45, 2.75) is 33.2 Å². The van der Waals surface area contributed by atoms with E-state index in [-0.39, 0.29) is 41.5 Å². The summed E-state index contributed by atoms with van der Waals surface area (Å²) in [5, 5.41) is 14.6. The fourth-order valence-corrected chi connectivity index (χ4v) is 3.09. The Labute approximate surface area is 150 Å². The molecule has 2 atom stereocenters. The first-order valence-electron chi connectivity index (χ1n) is 7.74. The van der Waals surface area contributed by atoms with Crippen molar-refractivity contribution in [2.24, 2.45) is 5.92 Å². The third-order valence-electron chi connectivity index (χ3n) is 4.50. The van der Waals surface area contributed by atoms with E-state index in [1.807, 2.05) is 6.07 Å². The second-order valence-corrected chi connectivity index (χ2v) is 5.92. The van der Waals surface area contributed by atoms with Gasteiger partial charge in [-0.05, 0) is 18.4 Å². The zero-order chi connectivity index (χ0) is 15.4. The maximum Gasteiger partial charge on any atom is 0.272 e. The van der Waals surface area contributed by atoms with E-state index < -0.39 is 0 Å². The molecule has 1 heterocycles. The number of aryl methyl sites for hydroxylation is 1. The van der Waals surface area contributed by atoms with Crippen LogP contribution < -0.4 is 5.32 Å². The van der Waals surface area contributed by atoms with Crippen LogP contribution in [0.1, 0.15) is 37.4 Å². The second kappa shape index (κ2) is 10.1. The van der Waals surface area contributed by atoms with Crippen molar-refractivity contribution in [3.05, 3.63) is 39.4 Å². The largest absolute Gasteiger partial charge is 0.314 e. The van der Waals surface area contributed by atoms with Crippen LogP contribution in [-0.2, 0) is 0 Å². The number of rotatable bonds is 5. The topological polar surface area (TPSA) is 58.4 Å². The highest BCUT2D eigenvalue weighted by atomic mass is 35.5. The van der Waals surface area contributed by atoms with Gasteiger partial charge in [-0.15, -0.1) is 24.8 Å². The number of nitrogens with zero attached hydrogens (tertiary/aromatic N) is 2. The molecule has 0 aromatic heterocycles. The monoisotopic (exact) mass is 363 g/mol. The number of hydrogen-bond donors (Lipinski definition) is 1. The van der Waals surface area contributed by atoms with Gasteiger partial charge in [-0.2, -0.15) is 0 Å². The number of halogens is 2. The van der Waals surface area contributed by atoms with Crippen molar-refractivity contribution in [1.29, 1.82) is 0 Å². The lowest BCUT2D eigenvalue weighted by Crippen LogP contribution is -2.46. The van der Waals surface area contributed by atoms with Crippen LogP contribution in [0.15, 0.2) is 18.2 Å². The maximum absolute atomic E-state index is 11.2. The predicted molar refractivity (Wildman–Crippen MR) is 99.0 cm³/mol. The number of nitro benzene ring substituents is 1. The van der Waals surface area contributed by atoms with E-state index in [0.717, 1.165) is 43.7 Å². The van der Waals surface area contributed by atoms with Gasteiger partial charge in [-0.25, -0.2) is 0 Å². The minimum absolute atomic E-state index is 0. The van der Waals surface area contributed by atoms with Gasteiger partial charge in [0.25, 0.3) is 5.69 Å². The molecule has 23 heavy (non-hydrogen) atoms. The molecule has 0 bridgehead atoms. The molecule has 0 aliphatic carbocycles. The van der Waals surface area contributed by atoms with Gasteiger partial charge < -0.3 is 5.32 Å². The standard InChI is InChI=1S/C16H25N3O2.2ClH/c1-4-12(2)16(18-9-7-17-8-10-18)14-6-5-13(3)15(11-14)19(20)21;;/h5-6,11-12,16-17H,4,7-10H2,1-3H3;2*1H/t12?,16-;;/m1../s1. The average Bonchev–Trinajstić information content (AvgIpc) is 2.49. The molecule has 1 saturated heterocycles. The molecular formula is C16H27Cl2N3O2. The van der Waals surface area contributed by atoms with Gasteiger partial charge >= 0.3 is 0 Å². The summed E-state index contributed by atoms with van der Waals surface area (Å²) in [6.07, 6.45) is 1.07. The van der Waals surface area contributed by atoms with Gasteiger partial charge in [0, 0.05) is 43.9 Å². The fraction of sp³-hybridized carbons (Fsp3) is 0.625. The summed E-state index contributed by atoms with van der Waals surface area (Å²) in [5.41, 5.74) is 2.03. The van der Waals surface area contributed by atoms with Gasteiger partial charge in [0.2, 0.25) is 0 Å². The highest BCUT2D eigenvalue weighted by Gasteiger charge is 2.28. The molecule has 1 fully saturated rings. The molecule has 7 heteroatoms. The molecule has 1 unspecified atom stereocenters. The molecule has 0 spiro atoms. The van der Waals surface area contributed by atoms with E-state index in [1.165, 1.54) is 0 Å². The Morgan fingerprint density at radius 2 is 1.91 bits per heavy atom. The fourth-order valence-electron chi connectivity index (χ4n) is 3.09. The van der Waals surface area contributed by atoms with Crippen LogP contribution in [0.4, 0.5) is 5.69 Å². The minimum Gasteiger partial charge on any atom is -0.314 e. The van der Waals surface area contributed by atoms with Gasteiger partial charge in [0.1, 0.15) is 0 Å². The van der Waals surface area contributed by atoms with Crippen LogP contribution >= 0.6 is 24.8 Å². The van der Waals surface area contributed by atoms with E-state index in [1.54, 1.807) is 13.0 Å². The van der Waals surface area contributed by atoms with Crippen molar-refractivity contribution in [3.8, 4) is 0 Å². The zero-order valence-corrected chi connectivity index (χ0v) is 15.6. The lowest BCUT2D eigenvalue weighted by atomic mass is 9.89. The Kier molecular flexibility index (Phi) is 9.70. The summed E-state index contributed by atoms with van der Waals surface area (Å²) >= 11 is 0. The average molecular weight is 364 g/mol. The Hall–Kier alpha value is -0.880. The number of piperazine rings is 1. The van der Waals surface area contributed by atoms with Crippen molar-refractivity contribution in [1.82, 2.24) is 10.2 Å². The summed E-state index contributed by atoms with van der Waals surface area (Å²) in [6, 6.07) is 5.97. The van der Waals surface area contributed by atoms with Crippen LogP contribution in [0.2, 0.25) is 0 Å². The van der Waals surface area contributed by atoms with Crippen LogP contribution in [0.25, 0.3) is 0 Å². The number of hydrogen-bond acceptors (Lipinski definition) is 4. The predicted octanol–water partition coefficient (Wildman–Crippen LogP) is 3.74. The van der Waals surface area contributed by atoms with Gasteiger partial charge in [0.05, 0.1) is 4.92 Å². The van der Waals surface area contributed by atoms with Crippen LogP contribution in [-0.4, -0.2) is 36.0 Å². The number of nitro groups is 1. The molecule has 1 aliphatic heterocycles. The highest BCUT2D eigenvalue weighted by molar-refractivity contribution is 5.85. The number of nitrogens with one attached hydrogen (secondary N) is 1. The molecule has 1 aromatic rings. The van der Waals surface area contributed by atoms with Crippen LogP contribution in [0.5, 0.6) is 0 Å². The third-order valence-corrected chi connectivity index (χ3v) is 4.50. The SMILES string of the molecule is CCC(C)[C@H](c1ccc(C)c([N+](=O)[O-])c1)N1CCNCC1.Cl.Cl. The molecule has 2 rings (SSSR count). The Morgan fingerprint density at radius 3 is 2.43 bits per heavy atom. The molecule has 0 radical (unpaired) electrons. The van der Waals surface area contributed by atoms with E-state index in [4.69, 9.17) is 0 Å². The van der Waals surface area contributed by atoms with Crippen LogP contribution in [0, 0.1) is 23.0 Å². The van der Waals surface area contributed by atoms with Crippen LogP contribution in [0.3, 0.4) is 0 Å². The van der Waals surface area contributed by atoms with Gasteiger partial charge in [-0.3, -0.25) is 15.0 Å². The molecule has 0 amide bonds. The van der Waals surface area contributed by atoms with E-state index in [0.29, 0.717) is 5.92 Å². The summed E-state index contributed by atoms with van der Waals surface area (Å²) in [6.45, 7) is 10.2. The van der Waals surface area contributed by atoms with Gasteiger partial charge in [0.15, 0.2) is 0 Å². The van der Waals surface area contributed by atoms with E-state index in [9.17, 15) is 10.1 Å². The lowest BCUT2D eigenvalue weighted by molar-refractivity contribution is -0.385. The summed E-state index contributed by atoms with van der Waals surface area (Å²) in [4.78, 5) is 13.4. The lowest BCUT2D eigenvalue weighted by Gasteiger charge is -2.38. The van der Waals surface area contributed by atoms with Crippen molar-refractivity contribution in [2.75, 3.05) is 26.2 Å². The molecule has 1 aliphatic rings. The first-order chi connectivity index (χ1) is 10.0. The number of benzene rings is 1. The summed E-state index contributed by atoms with van der Waals surface area (Å²) in [7, 11) is 0. The van der Waals surface area contributed by atoms with Gasteiger partial charge in [-0.1, -0.05) is 32.4 Å². The minimum atomic E-state index is -0.274. The van der Waals surface area contributed by atoms with Crippen molar-refractivity contribution >= 4 is 30.5 Å². The summed E-state index contributed by atoms with van der Waals surface area (Å²) in [5.74, 6) is 0.477. The molecule has 5 nitrogen and oxygen atoms in total. The zero-order valence-electron chi connectivity index (χ0n) is 13.9. The normalized spacial score (nSPS) is 17.5. The quantitative estimate of drug-likeness (QED) is 0.639. The van der Waals surface area contributed by atoms with Crippen molar-refractivity contribution in [3.63, 3.8) is 0 Å². The molecular weight excluding hydrogens is 337 g/mol. The second-order valence-electron chi connectivity index (χ2n) is 5.92. The van der Waals surface area contributed by atoms with E-state index in [2.05, 4.69) is 30.1 Å². The Bertz CT molecular complexity index is 508. The Balaban J connectivity index is 0.00000242. The van der Waals surface area contributed by atoms with Crippen molar-refractivity contribution < 1.29 is 4.92 Å². The Morgan fingerprint density at radius 1 is 1.30 bits per heavy atom. The van der Waals surface area contributed by atoms with E-state index >= 15 is 0 Å².